The molecule has 0 radical (unpaired) electrons. The summed E-state index contributed by atoms with van der Waals surface area (Å²) >= 11 is 1.57. The Morgan fingerprint density at radius 2 is 2.10 bits per heavy atom. The van der Waals surface area contributed by atoms with E-state index in [4.69, 9.17) is 5.11 Å². The van der Waals surface area contributed by atoms with Crippen LogP contribution in [0.15, 0.2) is 23.1 Å². The van der Waals surface area contributed by atoms with Crippen molar-refractivity contribution in [3.05, 3.63) is 29.3 Å². The van der Waals surface area contributed by atoms with Gasteiger partial charge in [-0.1, -0.05) is 0 Å². The van der Waals surface area contributed by atoms with E-state index in [9.17, 15) is 18.0 Å². The topological polar surface area (TPSA) is 91.8 Å². The van der Waals surface area contributed by atoms with Crippen LogP contribution in [-0.2, 0) is 10.0 Å². The lowest BCUT2D eigenvalue weighted by molar-refractivity contribution is 0.0695. The number of carboxylic acid groups (broad SMARTS) is 1. The Labute approximate surface area is 120 Å². The second-order valence-electron chi connectivity index (χ2n) is 4.24. The molecule has 0 atom stereocenters. The molecule has 0 aromatic heterocycles. The number of sulfonamides is 1. The predicted molar refractivity (Wildman–Crippen MR) is 74.6 cm³/mol. The lowest BCUT2D eigenvalue weighted by atomic mass is 10.1. The molecule has 0 aliphatic carbocycles. The molecule has 0 spiro atoms. The Morgan fingerprint density at radius 1 is 1.40 bits per heavy atom. The summed E-state index contributed by atoms with van der Waals surface area (Å²) < 4.78 is 25.4. The largest absolute Gasteiger partial charge is 0.478 e. The van der Waals surface area contributed by atoms with Crippen molar-refractivity contribution in [1.82, 2.24) is 4.31 Å². The van der Waals surface area contributed by atoms with Crippen LogP contribution >= 0.6 is 11.8 Å². The van der Waals surface area contributed by atoms with E-state index in [1.165, 1.54) is 12.1 Å². The van der Waals surface area contributed by atoms with Gasteiger partial charge in [-0.2, -0.15) is 11.8 Å². The van der Waals surface area contributed by atoms with Gasteiger partial charge < -0.3 is 5.11 Å². The molecule has 0 fully saturated rings. The van der Waals surface area contributed by atoms with Crippen LogP contribution in [0.3, 0.4) is 0 Å². The minimum Gasteiger partial charge on any atom is -0.478 e. The molecule has 1 heterocycles. The molecule has 6 nitrogen and oxygen atoms in total. The first-order valence-electron chi connectivity index (χ1n) is 5.83. The number of fused-ring (bicyclic) bond motifs is 1. The minimum absolute atomic E-state index is 0.0409. The molecule has 0 saturated heterocycles. The maximum Gasteiger partial charge on any atom is 0.335 e. The highest BCUT2D eigenvalue weighted by Gasteiger charge is 2.41. The predicted octanol–water partition coefficient (Wildman–Crippen LogP) is 1.28. The molecule has 1 aromatic carbocycles. The highest BCUT2D eigenvalue weighted by atomic mass is 32.2. The minimum atomic E-state index is -3.92. The van der Waals surface area contributed by atoms with E-state index in [-0.39, 0.29) is 22.6 Å². The first kappa shape index (κ1) is 14.9. The second-order valence-corrected chi connectivity index (χ2v) is 7.06. The summed E-state index contributed by atoms with van der Waals surface area (Å²) in [6.07, 6.45) is 2.46. The number of hydrogen-bond donors (Lipinski definition) is 1. The van der Waals surface area contributed by atoms with Crippen molar-refractivity contribution in [3.8, 4) is 0 Å². The normalized spacial score (nSPS) is 16.2. The van der Waals surface area contributed by atoms with Crippen molar-refractivity contribution >= 4 is 33.7 Å². The van der Waals surface area contributed by atoms with Gasteiger partial charge >= 0.3 is 5.97 Å². The fraction of sp³-hybridized carbons (Fsp3) is 0.333. The Hall–Kier alpha value is -1.54. The van der Waals surface area contributed by atoms with Gasteiger partial charge in [0.1, 0.15) is 4.90 Å². The highest BCUT2D eigenvalue weighted by molar-refractivity contribution is 7.98. The summed E-state index contributed by atoms with van der Waals surface area (Å²) in [7, 11) is -3.92. The van der Waals surface area contributed by atoms with Gasteiger partial charge in [0.15, 0.2) is 0 Å². The molecule has 1 aromatic rings. The first-order valence-corrected chi connectivity index (χ1v) is 8.66. The summed E-state index contributed by atoms with van der Waals surface area (Å²) in [6.45, 7) is 0.110. The van der Waals surface area contributed by atoms with E-state index in [1.54, 1.807) is 11.8 Å². The average Bonchev–Trinajstić information content (AvgIpc) is 2.59. The number of carboxylic acids is 1. The Morgan fingerprint density at radius 3 is 2.70 bits per heavy atom. The maximum atomic E-state index is 12.3. The van der Waals surface area contributed by atoms with E-state index < -0.39 is 21.9 Å². The van der Waals surface area contributed by atoms with Crippen LogP contribution in [0, 0.1) is 0 Å². The van der Waals surface area contributed by atoms with Crippen molar-refractivity contribution in [3.63, 3.8) is 0 Å². The van der Waals surface area contributed by atoms with E-state index in [1.807, 2.05) is 6.26 Å². The zero-order valence-corrected chi connectivity index (χ0v) is 12.3. The van der Waals surface area contributed by atoms with Crippen molar-refractivity contribution < 1.29 is 23.1 Å². The second kappa shape index (κ2) is 5.45. The standard InChI is InChI=1S/C12H13NO5S2/c1-19-6-2-5-13-11(14)9-4-3-8(12(15)16)7-10(9)20(13,17)18/h3-4,7H,2,5-6H2,1H3,(H,15,16). The third-order valence-electron chi connectivity index (χ3n) is 2.96. The van der Waals surface area contributed by atoms with E-state index >= 15 is 0 Å². The van der Waals surface area contributed by atoms with E-state index in [0.29, 0.717) is 6.42 Å². The highest BCUT2D eigenvalue weighted by Crippen LogP contribution is 2.31. The molecule has 108 valence electrons. The lowest BCUT2D eigenvalue weighted by Crippen LogP contribution is -2.31. The molecule has 1 N–H and O–H groups in total. The molecule has 1 aliphatic rings. The van der Waals surface area contributed by atoms with Crippen LogP contribution in [0.2, 0.25) is 0 Å². The smallest absolute Gasteiger partial charge is 0.335 e. The van der Waals surface area contributed by atoms with E-state index in [2.05, 4.69) is 0 Å². The van der Waals surface area contributed by atoms with Gasteiger partial charge in [0.2, 0.25) is 0 Å². The van der Waals surface area contributed by atoms with Gasteiger partial charge in [0, 0.05) is 6.54 Å². The summed E-state index contributed by atoms with van der Waals surface area (Å²) in [5.74, 6) is -1.06. The summed E-state index contributed by atoms with van der Waals surface area (Å²) in [5.41, 5.74) is -0.106. The fourth-order valence-corrected chi connectivity index (χ4v) is 4.03. The maximum absolute atomic E-state index is 12.3. The van der Waals surface area contributed by atoms with Crippen molar-refractivity contribution in [2.45, 2.75) is 11.3 Å². The molecule has 2 rings (SSSR count). The van der Waals surface area contributed by atoms with Crippen molar-refractivity contribution in [2.24, 2.45) is 0 Å². The Balaban J connectivity index is 2.40. The van der Waals surface area contributed by atoms with Crippen LogP contribution in [0.4, 0.5) is 0 Å². The zero-order valence-electron chi connectivity index (χ0n) is 10.7. The average molecular weight is 315 g/mol. The van der Waals surface area contributed by atoms with Crippen LogP contribution in [0.1, 0.15) is 27.1 Å². The lowest BCUT2D eigenvalue weighted by Gasteiger charge is -2.14. The molecule has 20 heavy (non-hydrogen) atoms. The monoisotopic (exact) mass is 315 g/mol. The Kier molecular flexibility index (Phi) is 4.05. The van der Waals surface area contributed by atoms with Gasteiger partial charge in [0.25, 0.3) is 15.9 Å². The van der Waals surface area contributed by atoms with Crippen LogP contribution in [-0.4, -0.2) is 48.3 Å². The van der Waals surface area contributed by atoms with Gasteiger partial charge in [0.05, 0.1) is 11.1 Å². The molecule has 1 amide bonds. The number of amides is 1. The number of nitrogens with zero attached hydrogens (tertiary/aromatic N) is 1. The van der Waals surface area contributed by atoms with E-state index in [0.717, 1.165) is 16.1 Å². The molecule has 0 saturated carbocycles. The summed E-state index contributed by atoms with van der Waals surface area (Å²) in [6, 6.07) is 3.53. The Bertz CT molecular complexity index is 668. The third kappa shape index (κ3) is 2.40. The SMILES string of the molecule is CSCCCN1C(=O)c2ccc(C(=O)O)cc2S1(=O)=O. The number of carbonyl (C=O) groups is 2. The van der Waals surface area contributed by atoms with Crippen molar-refractivity contribution in [1.29, 1.82) is 0 Å². The van der Waals surface area contributed by atoms with Gasteiger partial charge in [-0.3, -0.25) is 4.79 Å². The van der Waals surface area contributed by atoms with Crippen molar-refractivity contribution in [2.75, 3.05) is 18.6 Å². The first-order chi connectivity index (χ1) is 9.39. The number of carbonyl (C=O) groups excluding carboxylic acids is 1. The van der Waals surface area contributed by atoms with Gasteiger partial charge in [-0.05, 0) is 36.6 Å². The van der Waals surface area contributed by atoms with Gasteiger partial charge in [-0.15, -0.1) is 0 Å². The molecular formula is C12H13NO5S2. The summed E-state index contributed by atoms with van der Waals surface area (Å²) in [5, 5.41) is 8.90. The number of aromatic carboxylic acids is 1. The molecule has 0 bridgehead atoms. The number of benzene rings is 1. The number of hydrogen-bond acceptors (Lipinski definition) is 5. The van der Waals surface area contributed by atoms with Gasteiger partial charge in [-0.25, -0.2) is 17.5 Å². The fourth-order valence-electron chi connectivity index (χ4n) is 1.98. The molecule has 1 aliphatic heterocycles. The third-order valence-corrected chi connectivity index (χ3v) is 5.48. The molecular weight excluding hydrogens is 302 g/mol. The van der Waals surface area contributed by atoms with Crippen LogP contribution < -0.4 is 0 Å². The van der Waals surface area contributed by atoms with Crippen LogP contribution in [0.25, 0.3) is 0 Å². The number of thioether (sulfide) groups is 1. The quantitative estimate of drug-likeness (QED) is 0.823. The number of rotatable bonds is 5. The molecule has 0 unspecified atom stereocenters. The summed E-state index contributed by atoms with van der Waals surface area (Å²) in [4.78, 5) is 22.8. The van der Waals surface area contributed by atoms with Crippen LogP contribution in [0.5, 0.6) is 0 Å². The molecule has 8 heteroatoms. The zero-order chi connectivity index (χ0) is 14.9.